The maximum atomic E-state index is 14.5. The molecular formula is C27H28FN3O3. The third-order valence-corrected chi connectivity index (χ3v) is 8.06. The number of ether oxygens (including phenoxy) is 1. The predicted octanol–water partition coefficient (Wildman–Crippen LogP) is 4.94. The molecule has 2 aliphatic heterocycles. The number of carbonyl (C=O) groups is 2. The van der Waals surface area contributed by atoms with E-state index in [1.807, 2.05) is 23.1 Å². The van der Waals surface area contributed by atoms with Gasteiger partial charge in [-0.15, -0.1) is 0 Å². The molecule has 1 aromatic heterocycles. The molecule has 1 amide bonds. The Morgan fingerprint density at radius 1 is 1.12 bits per heavy atom. The van der Waals surface area contributed by atoms with Crippen LogP contribution in [0.25, 0.3) is 10.9 Å². The summed E-state index contributed by atoms with van der Waals surface area (Å²) < 4.78 is 19.6. The van der Waals surface area contributed by atoms with Crippen LogP contribution in [0.3, 0.4) is 0 Å². The number of halogens is 1. The quantitative estimate of drug-likeness (QED) is 0.542. The minimum absolute atomic E-state index is 0.0375. The van der Waals surface area contributed by atoms with Gasteiger partial charge in [0.05, 0.1) is 12.5 Å². The van der Waals surface area contributed by atoms with Gasteiger partial charge in [0.15, 0.2) is 0 Å². The zero-order valence-electron chi connectivity index (χ0n) is 19.2. The Bertz CT molecular complexity index is 1300. The summed E-state index contributed by atoms with van der Waals surface area (Å²) >= 11 is 0. The molecule has 2 fully saturated rings. The van der Waals surface area contributed by atoms with Gasteiger partial charge in [0.25, 0.3) is 0 Å². The van der Waals surface area contributed by atoms with Crippen LogP contribution in [0.2, 0.25) is 0 Å². The molecule has 2 unspecified atom stereocenters. The Morgan fingerprint density at radius 2 is 1.91 bits per heavy atom. The van der Waals surface area contributed by atoms with E-state index in [0.717, 1.165) is 36.9 Å². The van der Waals surface area contributed by atoms with Gasteiger partial charge in [-0.05, 0) is 49.1 Å². The van der Waals surface area contributed by atoms with Crippen LogP contribution >= 0.6 is 0 Å². The number of likely N-dealkylation sites (tertiary alicyclic amines) is 1. The van der Waals surface area contributed by atoms with Crippen LogP contribution in [0.1, 0.15) is 60.1 Å². The van der Waals surface area contributed by atoms with Crippen molar-refractivity contribution in [2.24, 2.45) is 5.92 Å². The second kappa shape index (κ2) is 7.86. The number of fused-ring (bicyclic) bond motifs is 4. The van der Waals surface area contributed by atoms with Crippen molar-refractivity contribution in [2.45, 2.75) is 50.1 Å². The molecule has 6 rings (SSSR count). The van der Waals surface area contributed by atoms with Crippen LogP contribution in [0.15, 0.2) is 42.5 Å². The van der Waals surface area contributed by atoms with Gasteiger partial charge in [0, 0.05) is 34.6 Å². The van der Waals surface area contributed by atoms with Gasteiger partial charge >= 0.3 is 5.97 Å². The second-order valence-corrected chi connectivity index (χ2v) is 9.74. The molecular weight excluding hydrogens is 433 g/mol. The maximum Gasteiger partial charge on any atom is 0.354 e. The monoisotopic (exact) mass is 461 g/mol. The number of H-pyrrole nitrogens is 1. The molecule has 6 nitrogen and oxygen atoms in total. The largest absolute Gasteiger partial charge is 0.464 e. The van der Waals surface area contributed by atoms with Gasteiger partial charge in [0.1, 0.15) is 17.7 Å². The molecule has 176 valence electrons. The highest BCUT2D eigenvalue weighted by Crippen LogP contribution is 2.55. The average Bonchev–Trinajstić information content (AvgIpc) is 3.52. The molecule has 2 N–H and O–H groups in total. The lowest BCUT2D eigenvalue weighted by molar-refractivity contribution is -0.137. The molecule has 7 heteroatoms. The van der Waals surface area contributed by atoms with Crippen molar-refractivity contribution in [1.82, 2.24) is 9.88 Å². The maximum absolute atomic E-state index is 14.5. The lowest BCUT2D eigenvalue weighted by Crippen LogP contribution is -2.49. The first-order chi connectivity index (χ1) is 16.5. The van der Waals surface area contributed by atoms with Crippen LogP contribution in [-0.2, 0) is 14.9 Å². The van der Waals surface area contributed by atoms with Gasteiger partial charge in [0.2, 0.25) is 5.91 Å². The number of carbonyl (C=O) groups excluding carboxylic acids is 2. The third kappa shape index (κ3) is 2.92. The average molecular weight is 462 g/mol. The molecule has 0 spiro atoms. The number of amides is 1. The first kappa shape index (κ1) is 21.2. The minimum Gasteiger partial charge on any atom is -0.464 e. The number of methoxy groups -OCH3 is 1. The number of nitrogens with zero attached hydrogens (tertiary/aromatic N) is 1. The first-order valence-electron chi connectivity index (χ1n) is 12.1. The highest BCUT2D eigenvalue weighted by atomic mass is 19.1. The predicted molar refractivity (Wildman–Crippen MR) is 127 cm³/mol. The molecule has 0 bridgehead atoms. The fourth-order valence-electron chi connectivity index (χ4n) is 6.56. The third-order valence-electron chi connectivity index (χ3n) is 8.06. The fourth-order valence-corrected chi connectivity index (χ4v) is 6.56. The lowest BCUT2D eigenvalue weighted by atomic mass is 9.72. The van der Waals surface area contributed by atoms with E-state index >= 15 is 0 Å². The van der Waals surface area contributed by atoms with E-state index in [-0.39, 0.29) is 23.8 Å². The van der Waals surface area contributed by atoms with Crippen molar-refractivity contribution in [3.8, 4) is 0 Å². The number of rotatable bonds is 3. The number of hydrogen-bond donors (Lipinski definition) is 2. The van der Waals surface area contributed by atoms with Gasteiger partial charge in [-0.3, -0.25) is 4.79 Å². The number of para-hydroxylation sites is 1. The summed E-state index contributed by atoms with van der Waals surface area (Å²) in [7, 11) is 1.35. The van der Waals surface area contributed by atoms with Crippen molar-refractivity contribution in [2.75, 3.05) is 19.0 Å². The van der Waals surface area contributed by atoms with Crippen LogP contribution in [-0.4, -0.2) is 41.6 Å². The van der Waals surface area contributed by atoms with Crippen molar-refractivity contribution in [1.29, 1.82) is 0 Å². The van der Waals surface area contributed by atoms with Gasteiger partial charge < -0.3 is 19.9 Å². The van der Waals surface area contributed by atoms with E-state index in [4.69, 9.17) is 4.74 Å². The number of hydrogen-bond acceptors (Lipinski definition) is 4. The standard InChI is InChI=1S/C27H28FN3O3/c1-34-25(33)23-22(18-15-17(28)11-12-20(18)29-23)27-13-14-31(24(32)16-7-3-2-4-8-16)26(27)30-21-10-6-5-9-19(21)27/h5-6,9-12,15-16,26,29-30H,2-4,7-8,13-14H2,1H3. The molecule has 1 aliphatic carbocycles. The Labute approximate surface area is 197 Å². The van der Waals surface area contributed by atoms with Crippen molar-refractivity contribution >= 4 is 28.5 Å². The zero-order valence-corrected chi connectivity index (χ0v) is 19.2. The van der Waals surface area contributed by atoms with E-state index in [1.54, 1.807) is 6.07 Å². The summed E-state index contributed by atoms with van der Waals surface area (Å²) in [6.07, 6.45) is 5.48. The van der Waals surface area contributed by atoms with Crippen LogP contribution in [0.4, 0.5) is 10.1 Å². The smallest absolute Gasteiger partial charge is 0.354 e. The number of benzene rings is 2. The SMILES string of the molecule is COC(=O)c1[nH]c2ccc(F)cc2c1C12CCN(C(=O)C3CCCCC3)C1Nc1ccccc12. The molecule has 1 saturated heterocycles. The summed E-state index contributed by atoms with van der Waals surface area (Å²) in [5.41, 5.74) is 2.96. The zero-order chi connectivity index (χ0) is 23.4. The topological polar surface area (TPSA) is 74.4 Å². The van der Waals surface area contributed by atoms with Gasteiger partial charge in [-0.1, -0.05) is 37.5 Å². The summed E-state index contributed by atoms with van der Waals surface area (Å²) in [5, 5.41) is 4.25. The molecule has 3 aliphatic rings. The fraction of sp³-hybridized carbons (Fsp3) is 0.407. The summed E-state index contributed by atoms with van der Waals surface area (Å²) in [5.74, 6) is -0.654. The van der Waals surface area contributed by atoms with E-state index in [0.29, 0.717) is 35.1 Å². The van der Waals surface area contributed by atoms with Crippen LogP contribution < -0.4 is 5.32 Å². The Kier molecular flexibility index (Phi) is 4.90. The Balaban J connectivity index is 1.57. The summed E-state index contributed by atoms with van der Waals surface area (Å²) in [6.45, 7) is 0.573. The van der Waals surface area contributed by atoms with Crippen LogP contribution in [0.5, 0.6) is 0 Å². The van der Waals surface area contributed by atoms with Gasteiger partial charge in [-0.25, -0.2) is 9.18 Å². The van der Waals surface area contributed by atoms with E-state index in [1.165, 1.54) is 25.7 Å². The van der Waals surface area contributed by atoms with E-state index in [2.05, 4.69) is 16.4 Å². The van der Waals surface area contributed by atoms with E-state index in [9.17, 15) is 14.0 Å². The highest BCUT2D eigenvalue weighted by molar-refractivity contribution is 6.00. The molecule has 3 heterocycles. The first-order valence-corrected chi connectivity index (χ1v) is 12.1. The number of aromatic amines is 1. The summed E-state index contributed by atoms with van der Waals surface area (Å²) in [6, 6.07) is 12.5. The Morgan fingerprint density at radius 3 is 2.71 bits per heavy atom. The second-order valence-electron chi connectivity index (χ2n) is 9.74. The molecule has 3 aromatic rings. The summed E-state index contributed by atoms with van der Waals surface area (Å²) in [4.78, 5) is 31.8. The van der Waals surface area contributed by atoms with E-state index < -0.39 is 11.4 Å². The number of esters is 1. The van der Waals surface area contributed by atoms with Crippen molar-refractivity contribution in [3.63, 3.8) is 0 Å². The normalized spacial score (nSPS) is 24.1. The Hall–Kier alpha value is -3.35. The molecule has 2 aromatic carbocycles. The minimum atomic E-state index is -0.698. The highest BCUT2D eigenvalue weighted by Gasteiger charge is 2.58. The molecule has 0 radical (unpaired) electrons. The van der Waals surface area contributed by atoms with Crippen molar-refractivity contribution in [3.05, 3.63) is 65.1 Å². The molecule has 2 atom stereocenters. The van der Waals surface area contributed by atoms with Crippen LogP contribution in [0, 0.1) is 11.7 Å². The number of aromatic nitrogens is 1. The lowest BCUT2D eigenvalue weighted by Gasteiger charge is -2.35. The number of nitrogens with one attached hydrogen (secondary N) is 2. The molecule has 34 heavy (non-hydrogen) atoms. The molecule has 1 saturated carbocycles. The van der Waals surface area contributed by atoms with Crippen molar-refractivity contribution < 1.29 is 18.7 Å². The van der Waals surface area contributed by atoms with Gasteiger partial charge in [-0.2, -0.15) is 0 Å². The number of anilines is 1.